The van der Waals surface area contributed by atoms with Crippen molar-refractivity contribution in [1.82, 2.24) is 0 Å². The molecule has 0 aromatic rings. The average Bonchev–Trinajstić information content (AvgIpc) is 2.83. The lowest BCUT2D eigenvalue weighted by Crippen LogP contribution is -2.54. The number of allylic oxidation sites excluding steroid dienone is 1. The molecule has 0 saturated heterocycles. The summed E-state index contributed by atoms with van der Waals surface area (Å²) in [7, 11) is 0. The van der Waals surface area contributed by atoms with Gasteiger partial charge < -0.3 is 5.41 Å². The molecular weight excluding hydrogens is 308 g/mol. The number of Topliss-reactive ketones (excluding diaryl/α,β-unsaturated/α-hetero) is 1. The molecule has 6 atom stereocenters. The van der Waals surface area contributed by atoms with Crippen molar-refractivity contribution in [3.63, 3.8) is 0 Å². The van der Waals surface area contributed by atoms with Gasteiger partial charge in [0.25, 0.3) is 6.08 Å². The molecule has 24 heavy (non-hydrogen) atoms. The summed E-state index contributed by atoms with van der Waals surface area (Å²) in [5.41, 5.74) is 0.738. The van der Waals surface area contributed by atoms with Gasteiger partial charge in [-0.05, 0) is 79.6 Å². The molecule has 0 bridgehead atoms. The number of hydrogen-bond donors (Lipinski definition) is 1. The minimum atomic E-state index is -1.51. The lowest BCUT2D eigenvalue weighted by atomic mass is 9.44. The van der Waals surface area contributed by atoms with Gasteiger partial charge in [0.1, 0.15) is 5.78 Å². The van der Waals surface area contributed by atoms with Gasteiger partial charge in [0, 0.05) is 17.5 Å². The van der Waals surface area contributed by atoms with Crippen LogP contribution in [0.15, 0.2) is 11.7 Å². The van der Waals surface area contributed by atoms with Crippen LogP contribution in [0.5, 0.6) is 0 Å². The minimum Gasteiger partial charge on any atom is -0.310 e. The smallest absolute Gasteiger partial charge is 0.269 e. The zero-order valence-electron chi connectivity index (χ0n) is 14.6. The molecule has 132 valence electrons. The van der Waals surface area contributed by atoms with Crippen molar-refractivity contribution in [2.45, 2.75) is 65.2 Å². The van der Waals surface area contributed by atoms with E-state index in [4.69, 9.17) is 5.41 Å². The van der Waals surface area contributed by atoms with Crippen LogP contribution in [0.25, 0.3) is 0 Å². The highest BCUT2D eigenvalue weighted by molar-refractivity contribution is 5.87. The first kappa shape index (κ1) is 16.4. The summed E-state index contributed by atoms with van der Waals surface area (Å²) in [6.07, 6.45) is 4.47. The fourth-order valence-electron chi connectivity index (χ4n) is 6.79. The molecular formula is C20H27F2NO. The normalized spacial score (nSPS) is 47.9. The summed E-state index contributed by atoms with van der Waals surface area (Å²) in [6, 6.07) is 0. The van der Waals surface area contributed by atoms with Crippen LogP contribution in [0.2, 0.25) is 0 Å². The van der Waals surface area contributed by atoms with E-state index in [1.807, 2.05) is 6.92 Å². The molecule has 0 aromatic carbocycles. The van der Waals surface area contributed by atoms with Crippen molar-refractivity contribution in [2.75, 3.05) is 0 Å². The maximum absolute atomic E-state index is 13.9. The van der Waals surface area contributed by atoms with Crippen molar-refractivity contribution in [3.8, 4) is 0 Å². The SMILES string of the molecule is CC12CCC3C(C(=C(F)F)C[C@H]4CC(=N)CCC34C)C1CCC2=O. The van der Waals surface area contributed by atoms with Gasteiger partial charge >= 0.3 is 0 Å². The highest BCUT2D eigenvalue weighted by Gasteiger charge is 2.61. The second kappa shape index (κ2) is 5.22. The van der Waals surface area contributed by atoms with E-state index in [1.165, 1.54) is 0 Å². The van der Waals surface area contributed by atoms with Crippen LogP contribution in [0, 0.1) is 39.9 Å². The first-order chi connectivity index (χ1) is 11.3. The third-order valence-electron chi connectivity index (χ3n) is 8.33. The van der Waals surface area contributed by atoms with Crippen LogP contribution in [-0.2, 0) is 4.79 Å². The lowest BCUT2D eigenvalue weighted by Gasteiger charge is -2.60. The first-order valence-electron chi connectivity index (χ1n) is 9.41. The van der Waals surface area contributed by atoms with Crippen LogP contribution in [0.3, 0.4) is 0 Å². The zero-order valence-corrected chi connectivity index (χ0v) is 14.6. The molecule has 0 heterocycles. The summed E-state index contributed by atoms with van der Waals surface area (Å²) in [4.78, 5) is 12.5. The number of halogens is 2. The molecule has 0 amide bonds. The monoisotopic (exact) mass is 335 g/mol. The number of carbonyl (C=O) groups is 1. The van der Waals surface area contributed by atoms with Gasteiger partial charge in [0.15, 0.2) is 0 Å². The van der Waals surface area contributed by atoms with Gasteiger partial charge in [0.05, 0.1) is 0 Å². The van der Waals surface area contributed by atoms with Crippen molar-refractivity contribution in [3.05, 3.63) is 11.7 Å². The predicted molar refractivity (Wildman–Crippen MR) is 89.1 cm³/mol. The molecule has 4 heteroatoms. The van der Waals surface area contributed by atoms with Crippen molar-refractivity contribution < 1.29 is 13.6 Å². The molecule has 5 unspecified atom stereocenters. The Labute approximate surface area is 142 Å². The topological polar surface area (TPSA) is 40.9 Å². The van der Waals surface area contributed by atoms with E-state index in [9.17, 15) is 13.6 Å². The third-order valence-corrected chi connectivity index (χ3v) is 8.33. The van der Waals surface area contributed by atoms with Gasteiger partial charge in [-0.2, -0.15) is 8.78 Å². The highest BCUT2D eigenvalue weighted by atomic mass is 19.3. The summed E-state index contributed by atoms with van der Waals surface area (Å²) in [5.74, 6) is 0.707. The summed E-state index contributed by atoms with van der Waals surface area (Å²) < 4.78 is 27.8. The Kier molecular flexibility index (Phi) is 3.57. The molecule has 4 aliphatic rings. The van der Waals surface area contributed by atoms with Crippen molar-refractivity contribution in [1.29, 1.82) is 5.41 Å². The van der Waals surface area contributed by atoms with Crippen molar-refractivity contribution >= 4 is 11.5 Å². The van der Waals surface area contributed by atoms with E-state index >= 15 is 0 Å². The molecule has 4 aliphatic carbocycles. The quantitative estimate of drug-likeness (QED) is 0.634. The summed E-state index contributed by atoms with van der Waals surface area (Å²) >= 11 is 0. The van der Waals surface area contributed by atoms with E-state index in [2.05, 4.69) is 6.92 Å². The molecule has 0 spiro atoms. The van der Waals surface area contributed by atoms with Gasteiger partial charge in [0.2, 0.25) is 0 Å². The van der Waals surface area contributed by atoms with Crippen LogP contribution in [0.4, 0.5) is 8.78 Å². The largest absolute Gasteiger partial charge is 0.310 e. The van der Waals surface area contributed by atoms with E-state index in [1.54, 1.807) is 0 Å². The maximum Gasteiger partial charge on any atom is 0.269 e. The van der Waals surface area contributed by atoms with Crippen LogP contribution in [-0.4, -0.2) is 11.5 Å². The Balaban J connectivity index is 1.79. The standard InChI is InChI=1S/C20H27F2NO/c1-19-7-5-12(23)9-11(19)10-13(18(21)22)17-14-3-4-16(24)20(14,2)8-6-15(17)19/h11,14-15,17,23H,3-10H2,1-2H3/t11-,14?,15?,17?,19?,20?/m1/s1. The fourth-order valence-corrected chi connectivity index (χ4v) is 6.79. The predicted octanol–water partition coefficient (Wildman–Crippen LogP) is 5.38. The Morgan fingerprint density at radius 1 is 1.08 bits per heavy atom. The average molecular weight is 335 g/mol. The first-order valence-corrected chi connectivity index (χ1v) is 9.41. The Morgan fingerprint density at radius 2 is 1.83 bits per heavy atom. The molecule has 1 N–H and O–H groups in total. The Bertz CT molecular complexity index is 638. The maximum atomic E-state index is 13.9. The molecule has 0 radical (unpaired) electrons. The Morgan fingerprint density at radius 3 is 2.54 bits per heavy atom. The molecule has 4 saturated carbocycles. The second-order valence-electron chi connectivity index (χ2n) is 9.16. The minimum absolute atomic E-state index is 0.0567. The molecule has 4 rings (SSSR count). The van der Waals surface area contributed by atoms with Crippen LogP contribution < -0.4 is 0 Å². The number of hydrogen-bond acceptors (Lipinski definition) is 2. The van der Waals surface area contributed by atoms with Gasteiger partial charge in [-0.25, -0.2) is 0 Å². The number of rotatable bonds is 0. The highest BCUT2D eigenvalue weighted by Crippen LogP contribution is 2.66. The van der Waals surface area contributed by atoms with E-state index < -0.39 is 6.08 Å². The summed E-state index contributed by atoms with van der Waals surface area (Å²) in [5, 5.41) is 8.03. The molecule has 4 fully saturated rings. The van der Waals surface area contributed by atoms with Crippen molar-refractivity contribution in [2.24, 2.45) is 34.5 Å². The zero-order chi connectivity index (χ0) is 17.3. The molecule has 0 aliphatic heterocycles. The number of nitrogens with one attached hydrogen (secondary N) is 1. The van der Waals surface area contributed by atoms with E-state index in [0.717, 1.165) is 37.8 Å². The second-order valence-corrected chi connectivity index (χ2v) is 9.16. The van der Waals surface area contributed by atoms with Crippen LogP contribution >= 0.6 is 0 Å². The van der Waals surface area contributed by atoms with E-state index in [-0.39, 0.29) is 34.5 Å². The fraction of sp³-hybridized carbons (Fsp3) is 0.800. The number of ketones is 1. The van der Waals surface area contributed by atoms with Crippen LogP contribution in [0.1, 0.15) is 65.2 Å². The lowest BCUT2D eigenvalue weighted by molar-refractivity contribution is -0.133. The summed E-state index contributed by atoms with van der Waals surface area (Å²) in [6.45, 7) is 4.32. The van der Waals surface area contributed by atoms with E-state index in [0.29, 0.717) is 30.6 Å². The molecule has 2 nitrogen and oxygen atoms in total. The van der Waals surface area contributed by atoms with Gasteiger partial charge in [-0.1, -0.05) is 13.8 Å². The van der Waals surface area contributed by atoms with Gasteiger partial charge in [-0.15, -0.1) is 0 Å². The number of carbonyl (C=O) groups excluding carboxylic acids is 1. The van der Waals surface area contributed by atoms with Gasteiger partial charge in [-0.3, -0.25) is 4.79 Å². The Hall–Kier alpha value is -1.06. The molecule has 0 aromatic heterocycles. The third kappa shape index (κ3) is 2.04. The number of fused-ring (bicyclic) bond motifs is 5.